The highest BCUT2D eigenvalue weighted by Gasteiger charge is 2.17. The number of thiazole rings is 1. The number of hydrogen-bond acceptors (Lipinski definition) is 6. The van der Waals surface area contributed by atoms with Crippen molar-refractivity contribution in [3.05, 3.63) is 65.2 Å². The van der Waals surface area contributed by atoms with Crippen LogP contribution in [0.25, 0.3) is 10.6 Å². The number of amides is 1. The molecule has 1 amide bonds. The Labute approximate surface area is 186 Å². The molecule has 0 bridgehead atoms. The summed E-state index contributed by atoms with van der Waals surface area (Å²) in [6.07, 6.45) is 2.51. The fourth-order valence-corrected chi connectivity index (χ4v) is 4.25. The fourth-order valence-electron chi connectivity index (χ4n) is 3.43. The van der Waals surface area contributed by atoms with Gasteiger partial charge in [0.05, 0.1) is 25.3 Å². The Balaban J connectivity index is 1.29. The summed E-state index contributed by atoms with van der Waals surface area (Å²) < 4.78 is 16.9. The molecule has 1 saturated heterocycles. The van der Waals surface area contributed by atoms with Crippen LogP contribution in [-0.2, 0) is 22.5 Å². The fraction of sp³-hybridized carbons (Fsp3) is 0.333. The summed E-state index contributed by atoms with van der Waals surface area (Å²) in [7, 11) is 1.61. The molecule has 0 spiro atoms. The van der Waals surface area contributed by atoms with Crippen LogP contribution in [-0.4, -0.2) is 37.3 Å². The number of nitrogens with zero attached hydrogens (tertiary/aromatic N) is 1. The third-order valence-electron chi connectivity index (χ3n) is 5.08. The third kappa shape index (κ3) is 5.83. The van der Waals surface area contributed by atoms with E-state index in [1.807, 2.05) is 53.9 Å². The van der Waals surface area contributed by atoms with E-state index < -0.39 is 0 Å². The summed E-state index contributed by atoms with van der Waals surface area (Å²) in [5, 5.41) is 5.81. The molecular formula is C24H26N2O4S. The van der Waals surface area contributed by atoms with Crippen LogP contribution < -0.4 is 14.8 Å². The molecule has 6 nitrogen and oxygen atoms in total. The molecule has 1 N–H and O–H groups in total. The van der Waals surface area contributed by atoms with Crippen molar-refractivity contribution < 1.29 is 19.0 Å². The van der Waals surface area contributed by atoms with Gasteiger partial charge in [-0.05, 0) is 30.5 Å². The maximum absolute atomic E-state index is 12.4. The van der Waals surface area contributed by atoms with Gasteiger partial charge in [0.1, 0.15) is 11.6 Å². The molecule has 4 rings (SSSR count). The van der Waals surface area contributed by atoms with Gasteiger partial charge in [0.15, 0.2) is 11.5 Å². The normalized spacial score (nSPS) is 15.6. The lowest BCUT2D eigenvalue weighted by Gasteiger charge is -2.15. The molecule has 3 aromatic rings. The SMILES string of the molecule is COc1cc(CNC(=O)Cc2csc(-c3ccccc3)n2)ccc1OCC1CCCO1. The number of hydrogen-bond donors (Lipinski definition) is 1. The van der Waals surface area contributed by atoms with E-state index in [1.54, 1.807) is 18.4 Å². The molecule has 0 saturated carbocycles. The van der Waals surface area contributed by atoms with E-state index in [2.05, 4.69) is 10.3 Å². The quantitative estimate of drug-likeness (QED) is 0.541. The highest BCUT2D eigenvalue weighted by atomic mass is 32.1. The zero-order valence-electron chi connectivity index (χ0n) is 17.5. The minimum atomic E-state index is -0.0670. The van der Waals surface area contributed by atoms with Crippen molar-refractivity contribution in [3.63, 3.8) is 0 Å². The summed E-state index contributed by atoms with van der Waals surface area (Å²) in [6.45, 7) is 1.74. The Morgan fingerprint density at radius 1 is 1.23 bits per heavy atom. The standard InChI is InChI=1S/C24H26N2O4S/c1-28-22-12-17(9-10-21(22)30-15-20-8-5-11-29-20)14-25-23(27)13-19-16-31-24(26-19)18-6-3-2-4-7-18/h2-4,6-7,9-10,12,16,20H,5,8,11,13-15H2,1H3,(H,25,27). The molecular weight excluding hydrogens is 412 g/mol. The van der Waals surface area contributed by atoms with Gasteiger partial charge < -0.3 is 19.5 Å². The molecule has 1 fully saturated rings. The predicted octanol–water partition coefficient (Wildman–Crippen LogP) is 4.24. The highest BCUT2D eigenvalue weighted by Crippen LogP contribution is 2.29. The number of benzene rings is 2. The van der Waals surface area contributed by atoms with Crippen molar-refractivity contribution in [2.24, 2.45) is 0 Å². The lowest BCUT2D eigenvalue weighted by atomic mass is 10.2. The van der Waals surface area contributed by atoms with Crippen LogP contribution >= 0.6 is 11.3 Å². The molecule has 2 aromatic carbocycles. The van der Waals surface area contributed by atoms with Crippen molar-refractivity contribution in [2.45, 2.75) is 31.9 Å². The monoisotopic (exact) mass is 438 g/mol. The van der Waals surface area contributed by atoms with Gasteiger partial charge in [-0.2, -0.15) is 0 Å². The van der Waals surface area contributed by atoms with E-state index in [4.69, 9.17) is 14.2 Å². The first-order valence-electron chi connectivity index (χ1n) is 10.4. The van der Waals surface area contributed by atoms with Crippen LogP contribution in [0.15, 0.2) is 53.9 Å². The van der Waals surface area contributed by atoms with E-state index in [0.29, 0.717) is 24.7 Å². The Kier molecular flexibility index (Phi) is 7.17. The van der Waals surface area contributed by atoms with Crippen molar-refractivity contribution in [3.8, 4) is 22.1 Å². The van der Waals surface area contributed by atoms with Crippen molar-refractivity contribution in [2.75, 3.05) is 20.3 Å². The highest BCUT2D eigenvalue weighted by molar-refractivity contribution is 7.13. The van der Waals surface area contributed by atoms with Crippen molar-refractivity contribution in [1.82, 2.24) is 10.3 Å². The minimum absolute atomic E-state index is 0.0670. The van der Waals surface area contributed by atoms with Gasteiger partial charge in [0, 0.05) is 24.1 Å². The average Bonchev–Trinajstić information content (AvgIpc) is 3.49. The summed E-state index contributed by atoms with van der Waals surface area (Å²) in [5.74, 6) is 1.27. The van der Waals surface area contributed by atoms with Gasteiger partial charge in [0.2, 0.25) is 5.91 Å². The molecule has 0 aliphatic carbocycles. The number of nitrogens with one attached hydrogen (secondary N) is 1. The third-order valence-corrected chi connectivity index (χ3v) is 6.02. The second kappa shape index (κ2) is 10.4. The van der Waals surface area contributed by atoms with Gasteiger partial charge in [-0.25, -0.2) is 4.98 Å². The van der Waals surface area contributed by atoms with Gasteiger partial charge >= 0.3 is 0 Å². The summed E-state index contributed by atoms with van der Waals surface area (Å²) >= 11 is 1.55. The molecule has 1 aromatic heterocycles. The van der Waals surface area contributed by atoms with Gasteiger partial charge in [0.25, 0.3) is 0 Å². The molecule has 7 heteroatoms. The van der Waals surface area contributed by atoms with Crippen LogP contribution in [0.4, 0.5) is 0 Å². The average molecular weight is 439 g/mol. The smallest absolute Gasteiger partial charge is 0.226 e. The lowest BCUT2D eigenvalue weighted by Crippen LogP contribution is -2.24. The number of methoxy groups -OCH3 is 1. The van der Waals surface area contributed by atoms with Crippen molar-refractivity contribution >= 4 is 17.2 Å². The summed E-state index contributed by atoms with van der Waals surface area (Å²) in [6, 6.07) is 15.7. The van der Waals surface area contributed by atoms with Crippen LogP contribution in [0, 0.1) is 0 Å². The number of aromatic nitrogens is 1. The van der Waals surface area contributed by atoms with E-state index in [9.17, 15) is 4.79 Å². The Hall–Kier alpha value is -2.90. The summed E-state index contributed by atoms with van der Waals surface area (Å²) in [5.41, 5.74) is 2.78. The maximum atomic E-state index is 12.4. The van der Waals surface area contributed by atoms with Crippen LogP contribution in [0.2, 0.25) is 0 Å². The topological polar surface area (TPSA) is 69.7 Å². The zero-order chi connectivity index (χ0) is 21.5. The Morgan fingerprint density at radius 3 is 2.87 bits per heavy atom. The first-order chi connectivity index (χ1) is 15.2. The van der Waals surface area contributed by atoms with E-state index in [0.717, 1.165) is 41.3 Å². The predicted molar refractivity (Wildman–Crippen MR) is 121 cm³/mol. The van der Waals surface area contributed by atoms with Gasteiger partial charge in [-0.1, -0.05) is 36.4 Å². The van der Waals surface area contributed by atoms with Gasteiger partial charge in [-0.3, -0.25) is 4.79 Å². The molecule has 1 unspecified atom stereocenters. The second-order valence-electron chi connectivity index (χ2n) is 7.39. The molecule has 1 atom stereocenters. The molecule has 1 aliphatic rings. The Bertz CT molecular complexity index is 1000. The molecule has 1 aliphatic heterocycles. The first-order valence-corrected chi connectivity index (χ1v) is 11.3. The van der Waals surface area contributed by atoms with Crippen LogP contribution in [0.1, 0.15) is 24.1 Å². The van der Waals surface area contributed by atoms with Crippen molar-refractivity contribution in [1.29, 1.82) is 0 Å². The number of rotatable bonds is 9. The Morgan fingerprint density at radius 2 is 2.10 bits per heavy atom. The molecule has 0 radical (unpaired) electrons. The summed E-state index contributed by atoms with van der Waals surface area (Å²) in [4.78, 5) is 17.0. The van der Waals surface area contributed by atoms with Crippen LogP contribution in [0.3, 0.4) is 0 Å². The maximum Gasteiger partial charge on any atom is 0.226 e. The number of ether oxygens (including phenoxy) is 3. The largest absolute Gasteiger partial charge is 0.493 e. The minimum Gasteiger partial charge on any atom is -0.493 e. The van der Waals surface area contributed by atoms with E-state index >= 15 is 0 Å². The van der Waals surface area contributed by atoms with Crippen LogP contribution in [0.5, 0.6) is 11.5 Å². The molecule has 162 valence electrons. The zero-order valence-corrected chi connectivity index (χ0v) is 18.3. The molecule has 31 heavy (non-hydrogen) atoms. The van der Waals surface area contributed by atoms with E-state index in [-0.39, 0.29) is 18.4 Å². The lowest BCUT2D eigenvalue weighted by molar-refractivity contribution is -0.120. The van der Waals surface area contributed by atoms with E-state index in [1.165, 1.54) is 0 Å². The first kappa shape index (κ1) is 21.3. The second-order valence-corrected chi connectivity index (χ2v) is 8.25. The van der Waals surface area contributed by atoms with Gasteiger partial charge in [-0.15, -0.1) is 11.3 Å². The number of carbonyl (C=O) groups excluding carboxylic acids is 1. The molecule has 2 heterocycles. The number of carbonyl (C=O) groups is 1.